The number of benzene rings is 2. The van der Waals surface area contributed by atoms with Crippen LogP contribution in [0.25, 0.3) is 5.69 Å². The lowest BCUT2D eigenvalue weighted by Gasteiger charge is -2.10. The maximum Gasteiger partial charge on any atom is 0.387 e. The molecule has 1 aromatic heterocycles. The van der Waals surface area contributed by atoms with Gasteiger partial charge in [0.1, 0.15) is 5.75 Å². The summed E-state index contributed by atoms with van der Waals surface area (Å²) in [6.45, 7) is -0.851. The zero-order valence-corrected chi connectivity index (χ0v) is 15.5. The summed E-state index contributed by atoms with van der Waals surface area (Å²) in [5, 5.41) is 10.4. The third kappa shape index (κ3) is 4.60. The fourth-order valence-electron chi connectivity index (χ4n) is 3.34. The summed E-state index contributed by atoms with van der Waals surface area (Å²) in [5.41, 5.74) is 2.84. The van der Waals surface area contributed by atoms with Crippen molar-refractivity contribution in [1.82, 2.24) is 15.1 Å². The summed E-state index contributed by atoms with van der Waals surface area (Å²) >= 11 is 0. The van der Waals surface area contributed by atoms with E-state index in [0.717, 1.165) is 19.5 Å². The molecule has 2 N–H and O–H groups in total. The molecule has 1 unspecified atom stereocenters. The second kappa shape index (κ2) is 8.40. The number of rotatable bonds is 6. The van der Waals surface area contributed by atoms with Gasteiger partial charge < -0.3 is 15.4 Å². The van der Waals surface area contributed by atoms with Crippen molar-refractivity contribution < 1.29 is 18.3 Å². The normalized spacial score (nSPS) is 16.2. The number of aromatic nitrogens is 2. The molecule has 1 aliphatic rings. The number of hydrogen-bond donors (Lipinski definition) is 2. The van der Waals surface area contributed by atoms with Crippen LogP contribution in [-0.4, -0.2) is 35.4 Å². The summed E-state index contributed by atoms with van der Waals surface area (Å²) in [6, 6.07) is 15.5. The summed E-state index contributed by atoms with van der Waals surface area (Å²) < 4.78 is 30.3. The number of ether oxygens (including phenoxy) is 1. The van der Waals surface area contributed by atoms with Gasteiger partial charge in [-0.1, -0.05) is 12.1 Å². The molecule has 2 heterocycles. The number of carbonyl (C=O) groups is 1. The first-order chi connectivity index (χ1) is 14.1. The molecule has 6 nitrogen and oxygen atoms in total. The fraction of sp³-hybridized carbons (Fsp3) is 0.238. The van der Waals surface area contributed by atoms with Gasteiger partial charge in [0.2, 0.25) is 0 Å². The molecule has 0 spiro atoms. The van der Waals surface area contributed by atoms with Crippen LogP contribution in [0.15, 0.2) is 60.8 Å². The molecule has 4 rings (SSSR count). The van der Waals surface area contributed by atoms with Crippen LogP contribution in [0.4, 0.5) is 14.5 Å². The van der Waals surface area contributed by atoms with E-state index in [0.29, 0.717) is 17.3 Å². The monoisotopic (exact) mass is 398 g/mol. The Morgan fingerprint density at radius 1 is 1.14 bits per heavy atom. The lowest BCUT2D eigenvalue weighted by Crippen LogP contribution is -2.13. The molecule has 1 fully saturated rings. The SMILES string of the molecule is O=C(Nc1ccc(C2CCNC2)cc1)c1ccn(-c2ccc(OC(F)F)cc2)n1. The Morgan fingerprint density at radius 2 is 1.90 bits per heavy atom. The number of halogens is 2. The molecule has 1 aliphatic heterocycles. The smallest absolute Gasteiger partial charge is 0.387 e. The summed E-state index contributed by atoms with van der Waals surface area (Å²) in [7, 11) is 0. The predicted octanol–water partition coefficient (Wildman–Crippen LogP) is 3.80. The van der Waals surface area contributed by atoms with Crippen LogP contribution in [-0.2, 0) is 0 Å². The first-order valence-corrected chi connectivity index (χ1v) is 9.31. The van der Waals surface area contributed by atoms with Crippen LogP contribution >= 0.6 is 0 Å². The molecular formula is C21H20F2N4O2. The zero-order valence-electron chi connectivity index (χ0n) is 15.5. The van der Waals surface area contributed by atoms with Gasteiger partial charge in [0.05, 0.1) is 5.69 Å². The number of amides is 1. The molecule has 3 aromatic rings. The molecule has 29 heavy (non-hydrogen) atoms. The summed E-state index contributed by atoms with van der Waals surface area (Å²) in [6.07, 6.45) is 2.76. The van der Waals surface area contributed by atoms with Crippen LogP contribution in [0.1, 0.15) is 28.4 Å². The van der Waals surface area contributed by atoms with Gasteiger partial charge in [-0.2, -0.15) is 13.9 Å². The van der Waals surface area contributed by atoms with Crippen molar-refractivity contribution >= 4 is 11.6 Å². The predicted molar refractivity (Wildman–Crippen MR) is 105 cm³/mol. The van der Waals surface area contributed by atoms with Crippen LogP contribution in [0.5, 0.6) is 5.75 Å². The van der Waals surface area contributed by atoms with Crippen molar-refractivity contribution in [1.29, 1.82) is 0 Å². The maximum atomic E-state index is 12.5. The largest absolute Gasteiger partial charge is 0.435 e. The van der Waals surface area contributed by atoms with Crippen LogP contribution in [0.2, 0.25) is 0 Å². The second-order valence-corrected chi connectivity index (χ2v) is 6.78. The molecule has 8 heteroatoms. The molecule has 1 atom stereocenters. The highest BCUT2D eigenvalue weighted by Crippen LogP contribution is 2.24. The molecule has 0 bridgehead atoms. The van der Waals surface area contributed by atoms with E-state index >= 15 is 0 Å². The third-order valence-electron chi connectivity index (χ3n) is 4.85. The zero-order chi connectivity index (χ0) is 20.2. The molecule has 0 saturated carbocycles. The highest BCUT2D eigenvalue weighted by atomic mass is 19.3. The second-order valence-electron chi connectivity index (χ2n) is 6.78. The van der Waals surface area contributed by atoms with E-state index in [2.05, 4.69) is 20.5 Å². The molecule has 1 saturated heterocycles. The van der Waals surface area contributed by atoms with Gasteiger partial charge in [-0.25, -0.2) is 4.68 Å². The third-order valence-corrected chi connectivity index (χ3v) is 4.85. The van der Waals surface area contributed by atoms with Gasteiger partial charge in [-0.3, -0.25) is 4.79 Å². The van der Waals surface area contributed by atoms with E-state index in [4.69, 9.17) is 0 Å². The van der Waals surface area contributed by atoms with Crippen molar-refractivity contribution in [3.63, 3.8) is 0 Å². The maximum absolute atomic E-state index is 12.5. The molecule has 0 aliphatic carbocycles. The van der Waals surface area contributed by atoms with Crippen LogP contribution in [0.3, 0.4) is 0 Å². The van der Waals surface area contributed by atoms with Gasteiger partial charge in [-0.05, 0) is 66.9 Å². The Kier molecular flexibility index (Phi) is 5.53. The Bertz CT molecular complexity index is 965. The van der Waals surface area contributed by atoms with Gasteiger partial charge in [-0.15, -0.1) is 0 Å². The Balaban J connectivity index is 1.40. The van der Waals surface area contributed by atoms with Gasteiger partial charge in [0.25, 0.3) is 5.91 Å². The van der Waals surface area contributed by atoms with Crippen molar-refractivity contribution in [2.24, 2.45) is 0 Å². The molecule has 150 valence electrons. The van der Waals surface area contributed by atoms with Crippen molar-refractivity contribution in [2.45, 2.75) is 19.0 Å². The minimum Gasteiger partial charge on any atom is -0.435 e. The number of carbonyl (C=O) groups excluding carboxylic acids is 1. The van der Waals surface area contributed by atoms with Crippen molar-refractivity contribution in [3.8, 4) is 11.4 Å². The lowest BCUT2D eigenvalue weighted by atomic mass is 9.98. The lowest BCUT2D eigenvalue weighted by molar-refractivity contribution is -0.0498. The molecular weight excluding hydrogens is 378 g/mol. The quantitative estimate of drug-likeness (QED) is 0.663. The van der Waals surface area contributed by atoms with E-state index in [1.807, 2.05) is 24.3 Å². The van der Waals surface area contributed by atoms with Crippen LogP contribution < -0.4 is 15.4 Å². The average molecular weight is 398 g/mol. The minimum atomic E-state index is -2.87. The highest BCUT2D eigenvalue weighted by molar-refractivity contribution is 6.02. The molecule has 1 amide bonds. The fourth-order valence-corrected chi connectivity index (χ4v) is 3.34. The van der Waals surface area contributed by atoms with Crippen LogP contribution in [0, 0.1) is 0 Å². The van der Waals surface area contributed by atoms with Gasteiger partial charge in [0.15, 0.2) is 5.69 Å². The van der Waals surface area contributed by atoms with E-state index in [1.165, 1.54) is 22.4 Å². The van der Waals surface area contributed by atoms with Gasteiger partial charge >= 0.3 is 6.61 Å². The number of alkyl halides is 2. The minimum absolute atomic E-state index is 0.0608. The first kappa shape index (κ1) is 19.1. The number of anilines is 1. The average Bonchev–Trinajstić information content (AvgIpc) is 3.41. The molecule has 2 aromatic carbocycles. The van der Waals surface area contributed by atoms with E-state index in [1.54, 1.807) is 24.4 Å². The highest BCUT2D eigenvalue weighted by Gasteiger charge is 2.16. The van der Waals surface area contributed by atoms with E-state index in [-0.39, 0.29) is 17.4 Å². The number of nitrogens with zero attached hydrogens (tertiary/aromatic N) is 2. The van der Waals surface area contributed by atoms with E-state index in [9.17, 15) is 13.6 Å². The Hall–Kier alpha value is -3.26. The van der Waals surface area contributed by atoms with E-state index < -0.39 is 6.61 Å². The standard InChI is InChI=1S/C21H20F2N4O2/c22-21(23)29-18-7-5-17(6-8-18)27-12-10-19(26-27)20(28)25-16-3-1-14(2-4-16)15-9-11-24-13-15/h1-8,10,12,15,21,24H,9,11,13H2,(H,25,28). The Morgan fingerprint density at radius 3 is 2.55 bits per heavy atom. The summed E-state index contributed by atoms with van der Waals surface area (Å²) in [5.74, 6) is 0.260. The summed E-state index contributed by atoms with van der Waals surface area (Å²) in [4.78, 5) is 12.5. The molecule has 0 radical (unpaired) electrons. The van der Waals surface area contributed by atoms with Crippen molar-refractivity contribution in [2.75, 3.05) is 18.4 Å². The number of hydrogen-bond acceptors (Lipinski definition) is 4. The van der Waals surface area contributed by atoms with Crippen molar-refractivity contribution in [3.05, 3.63) is 72.1 Å². The Labute approximate surface area is 166 Å². The topological polar surface area (TPSA) is 68.2 Å². The number of nitrogens with one attached hydrogen (secondary N) is 2. The first-order valence-electron chi connectivity index (χ1n) is 9.31. The van der Waals surface area contributed by atoms with Gasteiger partial charge in [0, 0.05) is 18.4 Å².